The van der Waals surface area contributed by atoms with E-state index >= 15 is 0 Å². The third-order valence-corrected chi connectivity index (χ3v) is 3.61. The minimum Gasteiger partial charge on any atom is -0.768 e. The van der Waals surface area contributed by atoms with Gasteiger partial charge in [-0.3, -0.25) is 4.21 Å². The summed E-state index contributed by atoms with van der Waals surface area (Å²) in [5.74, 6) is 0.121. The van der Waals surface area contributed by atoms with E-state index in [1.807, 2.05) is 0 Å². The maximum absolute atomic E-state index is 12.4. The third-order valence-electron chi connectivity index (χ3n) is 2.68. The van der Waals surface area contributed by atoms with Crippen LogP contribution in [0.15, 0.2) is 23.2 Å². The van der Waals surface area contributed by atoms with Gasteiger partial charge in [-0.1, -0.05) is 0 Å². The van der Waals surface area contributed by atoms with Crippen molar-refractivity contribution < 1.29 is 21.9 Å². The zero-order chi connectivity index (χ0) is 15.1. The highest BCUT2D eigenvalue weighted by atomic mass is 32.2. The fourth-order valence-corrected chi connectivity index (χ4v) is 2.38. The van der Waals surface area contributed by atoms with Crippen LogP contribution in [-0.4, -0.2) is 23.5 Å². The molecule has 2 aromatic rings. The lowest BCUT2D eigenvalue weighted by Gasteiger charge is -2.08. The van der Waals surface area contributed by atoms with Crippen LogP contribution >= 0.6 is 0 Å². The van der Waals surface area contributed by atoms with Crippen molar-refractivity contribution in [1.29, 1.82) is 0 Å². The summed E-state index contributed by atoms with van der Waals surface area (Å²) in [5, 5.41) is 3.97. The predicted molar refractivity (Wildman–Crippen MR) is 63.0 cm³/mol. The zero-order valence-electron chi connectivity index (χ0n) is 10.4. The van der Waals surface area contributed by atoms with Crippen molar-refractivity contribution in [3.8, 4) is 5.82 Å². The summed E-state index contributed by atoms with van der Waals surface area (Å²) in [6.07, 6.45) is -3.79. The summed E-state index contributed by atoms with van der Waals surface area (Å²) >= 11 is -2.46. The molecule has 0 spiro atoms. The number of pyridine rings is 1. The van der Waals surface area contributed by atoms with Crippen LogP contribution in [-0.2, 0) is 17.3 Å². The molecule has 0 aliphatic carbocycles. The number of halogens is 3. The van der Waals surface area contributed by atoms with Gasteiger partial charge in [0.25, 0.3) is 0 Å². The summed E-state index contributed by atoms with van der Waals surface area (Å²) in [6.45, 7) is 3.00. The van der Waals surface area contributed by atoms with Gasteiger partial charge >= 0.3 is 6.18 Å². The molecule has 0 amide bonds. The molecule has 2 aromatic heterocycles. The molecule has 2 heterocycles. The van der Waals surface area contributed by atoms with Crippen molar-refractivity contribution in [2.75, 3.05) is 0 Å². The van der Waals surface area contributed by atoms with E-state index in [0.717, 1.165) is 12.1 Å². The van der Waals surface area contributed by atoms with Gasteiger partial charge in [-0.2, -0.15) is 18.3 Å². The van der Waals surface area contributed by atoms with E-state index in [1.54, 1.807) is 0 Å². The number of rotatable bonds is 2. The van der Waals surface area contributed by atoms with Crippen LogP contribution in [0.2, 0.25) is 0 Å². The lowest BCUT2D eigenvalue weighted by molar-refractivity contribution is -0.137. The average molecular weight is 304 g/mol. The summed E-state index contributed by atoms with van der Waals surface area (Å²) < 4.78 is 60.6. The van der Waals surface area contributed by atoms with Crippen LogP contribution in [0, 0.1) is 13.8 Å². The minimum absolute atomic E-state index is 0.0201. The van der Waals surface area contributed by atoms with E-state index in [-0.39, 0.29) is 16.4 Å². The molecule has 20 heavy (non-hydrogen) atoms. The monoisotopic (exact) mass is 304 g/mol. The SMILES string of the molecule is Cc1nn(-c2ccc(C(F)(F)F)cn2)c(C)c1S(=O)[O-]. The second-order valence-electron chi connectivity index (χ2n) is 4.05. The molecular formula is C11H9F3N3O2S-. The first-order chi connectivity index (χ1) is 9.21. The minimum atomic E-state index is -4.47. The van der Waals surface area contributed by atoms with Crippen LogP contribution in [0.1, 0.15) is 17.0 Å². The highest BCUT2D eigenvalue weighted by molar-refractivity contribution is 7.79. The summed E-state index contributed by atoms with van der Waals surface area (Å²) in [6, 6.07) is 2.01. The molecule has 1 atom stereocenters. The highest BCUT2D eigenvalue weighted by Crippen LogP contribution is 2.29. The van der Waals surface area contributed by atoms with Crippen LogP contribution in [0.4, 0.5) is 13.2 Å². The van der Waals surface area contributed by atoms with E-state index in [4.69, 9.17) is 0 Å². The highest BCUT2D eigenvalue weighted by Gasteiger charge is 2.30. The molecule has 0 saturated heterocycles. The van der Waals surface area contributed by atoms with E-state index in [0.29, 0.717) is 11.9 Å². The average Bonchev–Trinajstić information content (AvgIpc) is 2.64. The largest absolute Gasteiger partial charge is 0.768 e. The Morgan fingerprint density at radius 3 is 2.35 bits per heavy atom. The van der Waals surface area contributed by atoms with E-state index in [1.165, 1.54) is 18.5 Å². The Morgan fingerprint density at radius 2 is 1.95 bits per heavy atom. The molecular weight excluding hydrogens is 295 g/mol. The smallest absolute Gasteiger partial charge is 0.417 e. The molecule has 5 nitrogen and oxygen atoms in total. The Morgan fingerprint density at radius 1 is 1.30 bits per heavy atom. The molecule has 0 aliphatic rings. The van der Waals surface area contributed by atoms with Gasteiger partial charge in [0.1, 0.15) is 0 Å². The number of hydrogen-bond acceptors (Lipinski definition) is 4. The van der Waals surface area contributed by atoms with E-state index in [9.17, 15) is 21.9 Å². The number of nitrogens with zero attached hydrogens (tertiary/aromatic N) is 3. The number of aryl methyl sites for hydroxylation is 1. The Kier molecular flexibility index (Phi) is 3.65. The molecule has 2 rings (SSSR count). The third kappa shape index (κ3) is 2.59. The Hall–Kier alpha value is -1.74. The van der Waals surface area contributed by atoms with Crippen molar-refractivity contribution >= 4 is 11.1 Å². The van der Waals surface area contributed by atoms with Crippen LogP contribution in [0.25, 0.3) is 5.82 Å². The maximum Gasteiger partial charge on any atom is 0.417 e. The Bertz CT molecular complexity index is 665. The normalized spacial score (nSPS) is 13.5. The van der Waals surface area contributed by atoms with Crippen LogP contribution in [0.3, 0.4) is 0 Å². The molecule has 0 aliphatic heterocycles. The van der Waals surface area contributed by atoms with Crippen molar-refractivity contribution in [2.45, 2.75) is 24.9 Å². The second kappa shape index (κ2) is 4.98. The van der Waals surface area contributed by atoms with Gasteiger partial charge in [0.15, 0.2) is 5.82 Å². The Balaban J connectivity index is 2.48. The van der Waals surface area contributed by atoms with Gasteiger partial charge in [-0.05, 0) is 37.1 Å². The van der Waals surface area contributed by atoms with Gasteiger partial charge < -0.3 is 4.55 Å². The molecule has 0 N–H and O–H groups in total. The van der Waals surface area contributed by atoms with Gasteiger partial charge in [-0.25, -0.2) is 9.67 Å². The Labute approximate surface area is 114 Å². The van der Waals surface area contributed by atoms with Crippen molar-refractivity contribution in [1.82, 2.24) is 14.8 Å². The van der Waals surface area contributed by atoms with Crippen LogP contribution < -0.4 is 0 Å². The fraction of sp³-hybridized carbons (Fsp3) is 0.273. The topological polar surface area (TPSA) is 70.8 Å². The molecule has 0 radical (unpaired) electrons. The van der Waals surface area contributed by atoms with E-state index in [2.05, 4.69) is 10.1 Å². The molecule has 108 valence electrons. The lowest BCUT2D eigenvalue weighted by atomic mass is 10.3. The zero-order valence-corrected chi connectivity index (χ0v) is 11.2. The van der Waals surface area contributed by atoms with Gasteiger partial charge in [0, 0.05) is 6.20 Å². The van der Waals surface area contributed by atoms with Crippen molar-refractivity contribution in [3.63, 3.8) is 0 Å². The summed E-state index contributed by atoms with van der Waals surface area (Å²) in [4.78, 5) is 3.69. The standard InChI is InChI=1S/C11H10F3N3O2S/c1-6-10(20(18)19)7(2)17(16-6)9-4-3-8(5-15-9)11(12,13)14/h3-5H,1-2H3,(H,18,19)/p-1. The molecule has 0 bridgehead atoms. The molecule has 0 aromatic carbocycles. The van der Waals surface area contributed by atoms with Gasteiger partial charge in [-0.15, -0.1) is 0 Å². The van der Waals surface area contributed by atoms with Crippen molar-refractivity contribution in [3.05, 3.63) is 35.3 Å². The lowest BCUT2D eigenvalue weighted by Crippen LogP contribution is -2.08. The summed E-state index contributed by atoms with van der Waals surface area (Å²) in [7, 11) is 0. The predicted octanol–water partition coefficient (Wildman–Crippen LogP) is 2.14. The number of alkyl halides is 3. The van der Waals surface area contributed by atoms with Gasteiger partial charge in [0.05, 0.1) is 21.8 Å². The fourth-order valence-electron chi connectivity index (χ4n) is 1.77. The molecule has 0 fully saturated rings. The van der Waals surface area contributed by atoms with Crippen LogP contribution in [0.5, 0.6) is 0 Å². The van der Waals surface area contributed by atoms with Gasteiger partial charge in [0.2, 0.25) is 0 Å². The molecule has 1 unspecified atom stereocenters. The first-order valence-electron chi connectivity index (χ1n) is 5.41. The first kappa shape index (κ1) is 14.7. The van der Waals surface area contributed by atoms with E-state index < -0.39 is 22.8 Å². The second-order valence-corrected chi connectivity index (χ2v) is 4.93. The molecule has 9 heteroatoms. The maximum atomic E-state index is 12.4. The molecule has 0 saturated carbocycles. The number of hydrogen-bond donors (Lipinski definition) is 0. The first-order valence-corrected chi connectivity index (χ1v) is 6.48. The number of aromatic nitrogens is 3. The summed E-state index contributed by atoms with van der Waals surface area (Å²) in [5.41, 5.74) is -0.323. The van der Waals surface area contributed by atoms with Crippen molar-refractivity contribution in [2.24, 2.45) is 0 Å². The quantitative estimate of drug-likeness (QED) is 0.797.